The Balaban J connectivity index is 2.29. The Labute approximate surface area is 170 Å². The van der Waals surface area contributed by atoms with Crippen LogP contribution in [0.1, 0.15) is 22.8 Å². The topological polar surface area (TPSA) is 102 Å². The number of nitrogens with zero attached hydrogens (tertiary/aromatic N) is 1. The maximum Gasteiger partial charge on any atom is 0.338 e. The van der Waals surface area contributed by atoms with Crippen molar-refractivity contribution in [3.8, 4) is 5.75 Å². The van der Waals surface area contributed by atoms with Crippen LogP contribution in [-0.4, -0.2) is 47.6 Å². The number of carbonyl (C=O) groups excluding carboxylic acids is 2. The van der Waals surface area contributed by atoms with Crippen molar-refractivity contribution in [2.75, 3.05) is 31.6 Å². The van der Waals surface area contributed by atoms with Gasteiger partial charge in [0.05, 0.1) is 22.8 Å². The van der Waals surface area contributed by atoms with Crippen LogP contribution in [0.2, 0.25) is 0 Å². The van der Waals surface area contributed by atoms with Gasteiger partial charge in [-0.3, -0.25) is 9.10 Å². The first-order valence-electron chi connectivity index (χ1n) is 8.90. The summed E-state index contributed by atoms with van der Waals surface area (Å²) in [6.07, 6.45) is 0. The smallest absolute Gasteiger partial charge is 0.338 e. The van der Waals surface area contributed by atoms with Crippen molar-refractivity contribution in [3.05, 3.63) is 53.6 Å². The van der Waals surface area contributed by atoms with E-state index in [1.54, 1.807) is 31.2 Å². The highest BCUT2D eigenvalue weighted by Crippen LogP contribution is 2.26. The molecule has 0 saturated carbocycles. The summed E-state index contributed by atoms with van der Waals surface area (Å²) < 4.78 is 37.5. The molecule has 156 valence electrons. The average molecular weight is 420 g/mol. The van der Waals surface area contributed by atoms with Gasteiger partial charge in [-0.2, -0.15) is 0 Å². The van der Waals surface area contributed by atoms with Crippen molar-refractivity contribution < 1.29 is 27.5 Å². The second-order valence-electron chi connectivity index (χ2n) is 6.13. The van der Waals surface area contributed by atoms with E-state index >= 15 is 0 Å². The molecule has 0 fully saturated rings. The van der Waals surface area contributed by atoms with Crippen LogP contribution < -0.4 is 14.4 Å². The minimum Gasteiger partial charge on any atom is -0.494 e. The van der Waals surface area contributed by atoms with Gasteiger partial charge in [0, 0.05) is 14.1 Å². The van der Waals surface area contributed by atoms with E-state index in [-0.39, 0.29) is 10.5 Å². The zero-order chi connectivity index (χ0) is 21.6. The van der Waals surface area contributed by atoms with Crippen LogP contribution >= 0.6 is 0 Å². The summed E-state index contributed by atoms with van der Waals surface area (Å²) in [4.78, 5) is 23.5. The van der Waals surface area contributed by atoms with Crippen LogP contribution in [0.5, 0.6) is 5.75 Å². The fourth-order valence-corrected chi connectivity index (χ4v) is 3.70. The summed E-state index contributed by atoms with van der Waals surface area (Å²) in [5.41, 5.74) is 1.06. The van der Waals surface area contributed by atoms with Gasteiger partial charge in [-0.05, 0) is 55.8 Å². The predicted molar refractivity (Wildman–Crippen MR) is 109 cm³/mol. The molecule has 0 unspecified atom stereocenters. The third-order valence-electron chi connectivity index (χ3n) is 4.21. The molecule has 0 bridgehead atoms. The number of likely N-dealkylation sites (N-methyl/N-ethyl adjacent to an activating group) is 1. The van der Waals surface area contributed by atoms with Crippen LogP contribution in [0, 0.1) is 6.92 Å². The van der Waals surface area contributed by atoms with Crippen molar-refractivity contribution in [2.45, 2.75) is 18.7 Å². The predicted octanol–water partition coefficient (Wildman–Crippen LogP) is 2.12. The molecule has 0 aliphatic heterocycles. The van der Waals surface area contributed by atoms with Crippen molar-refractivity contribution in [1.29, 1.82) is 0 Å². The molecule has 9 heteroatoms. The number of esters is 1. The zero-order valence-corrected chi connectivity index (χ0v) is 17.6. The normalized spacial score (nSPS) is 10.9. The molecule has 29 heavy (non-hydrogen) atoms. The van der Waals surface area contributed by atoms with Gasteiger partial charge in [-0.15, -0.1) is 0 Å². The first kappa shape index (κ1) is 22.2. The van der Waals surface area contributed by atoms with Gasteiger partial charge in [0.1, 0.15) is 5.75 Å². The Morgan fingerprint density at radius 2 is 1.76 bits per heavy atom. The van der Waals surface area contributed by atoms with E-state index in [1.807, 2.05) is 6.92 Å². The summed E-state index contributed by atoms with van der Waals surface area (Å²) in [5.74, 6) is -0.597. The number of sulfonamides is 1. The Kier molecular flexibility index (Phi) is 7.22. The molecule has 0 saturated heterocycles. The molecule has 2 aromatic carbocycles. The summed E-state index contributed by atoms with van der Waals surface area (Å²) in [6, 6.07) is 10.8. The summed E-state index contributed by atoms with van der Waals surface area (Å²) in [6.45, 7) is 3.58. The van der Waals surface area contributed by atoms with E-state index in [9.17, 15) is 18.0 Å². The zero-order valence-electron chi connectivity index (χ0n) is 16.8. The molecule has 0 aliphatic rings. The lowest BCUT2D eigenvalue weighted by Gasteiger charge is -2.20. The Morgan fingerprint density at radius 3 is 2.34 bits per heavy atom. The lowest BCUT2D eigenvalue weighted by atomic mass is 10.1. The number of nitrogens with one attached hydrogen (secondary N) is 1. The van der Waals surface area contributed by atoms with Gasteiger partial charge in [0.25, 0.3) is 15.9 Å². The highest BCUT2D eigenvalue weighted by atomic mass is 32.2. The number of hydrogen-bond acceptors (Lipinski definition) is 6. The maximum atomic E-state index is 13.0. The maximum absolute atomic E-state index is 13.0. The Morgan fingerprint density at radius 1 is 1.10 bits per heavy atom. The number of anilines is 1. The summed E-state index contributed by atoms with van der Waals surface area (Å²) in [7, 11) is -1.07. The standard InChI is InChI=1S/C20H24N2O6S/c1-5-27-16-9-7-15(8-10-16)22(4)29(25,26)17-11-6-14(2)18(12-17)20(24)28-13-19(23)21-3/h6-12H,5,13H2,1-4H3,(H,21,23). The molecular formula is C20H24N2O6S. The first-order valence-corrected chi connectivity index (χ1v) is 10.3. The second-order valence-corrected chi connectivity index (χ2v) is 8.09. The average Bonchev–Trinajstić information content (AvgIpc) is 2.72. The molecule has 0 aromatic heterocycles. The Bertz CT molecular complexity index is 987. The van der Waals surface area contributed by atoms with Crippen molar-refractivity contribution in [2.24, 2.45) is 0 Å². The number of aryl methyl sites for hydroxylation is 1. The van der Waals surface area contributed by atoms with E-state index in [0.717, 1.165) is 4.31 Å². The SMILES string of the molecule is CCOc1ccc(N(C)S(=O)(=O)c2ccc(C)c(C(=O)OCC(=O)NC)c2)cc1. The monoisotopic (exact) mass is 420 g/mol. The summed E-state index contributed by atoms with van der Waals surface area (Å²) >= 11 is 0. The van der Waals surface area contributed by atoms with Gasteiger partial charge in [0.2, 0.25) is 0 Å². The largest absolute Gasteiger partial charge is 0.494 e. The fraction of sp³-hybridized carbons (Fsp3) is 0.300. The van der Waals surface area contributed by atoms with Gasteiger partial charge in [-0.1, -0.05) is 6.07 Å². The quantitative estimate of drug-likeness (QED) is 0.657. The number of benzene rings is 2. The van der Waals surface area contributed by atoms with Crippen LogP contribution in [0.15, 0.2) is 47.4 Å². The minimum absolute atomic E-state index is 0.0635. The third kappa shape index (κ3) is 5.26. The number of amides is 1. The summed E-state index contributed by atoms with van der Waals surface area (Å²) in [5, 5.41) is 2.34. The van der Waals surface area contributed by atoms with Gasteiger partial charge in [-0.25, -0.2) is 13.2 Å². The minimum atomic E-state index is -3.92. The van der Waals surface area contributed by atoms with Crippen LogP contribution in [0.3, 0.4) is 0 Å². The van der Waals surface area contributed by atoms with Crippen molar-refractivity contribution >= 4 is 27.6 Å². The molecule has 0 heterocycles. The molecule has 0 aliphatic carbocycles. The van der Waals surface area contributed by atoms with E-state index in [4.69, 9.17) is 9.47 Å². The molecule has 2 aromatic rings. The fourth-order valence-electron chi connectivity index (χ4n) is 2.48. The molecule has 0 spiro atoms. The van der Waals surface area contributed by atoms with Gasteiger partial charge < -0.3 is 14.8 Å². The lowest BCUT2D eigenvalue weighted by Crippen LogP contribution is -2.27. The van der Waals surface area contributed by atoms with Crippen LogP contribution in [-0.2, 0) is 19.6 Å². The molecule has 0 radical (unpaired) electrons. The first-order chi connectivity index (χ1) is 13.7. The molecule has 1 N–H and O–H groups in total. The molecular weight excluding hydrogens is 396 g/mol. The number of carbonyl (C=O) groups is 2. The van der Waals surface area contributed by atoms with Crippen LogP contribution in [0.4, 0.5) is 5.69 Å². The third-order valence-corrected chi connectivity index (χ3v) is 5.99. The van der Waals surface area contributed by atoms with Gasteiger partial charge >= 0.3 is 5.97 Å². The number of hydrogen-bond donors (Lipinski definition) is 1. The lowest BCUT2D eigenvalue weighted by molar-refractivity contribution is -0.123. The number of ether oxygens (including phenoxy) is 2. The van der Waals surface area contributed by atoms with E-state index in [2.05, 4.69) is 5.32 Å². The highest BCUT2D eigenvalue weighted by Gasteiger charge is 2.24. The van der Waals surface area contributed by atoms with Crippen molar-refractivity contribution in [3.63, 3.8) is 0 Å². The second kappa shape index (κ2) is 9.42. The van der Waals surface area contributed by atoms with E-state index in [0.29, 0.717) is 23.6 Å². The van der Waals surface area contributed by atoms with Crippen LogP contribution in [0.25, 0.3) is 0 Å². The Hall–Kier alpha value is -3.07. The van der Waals surface area contributed by atoms with E-state index < -0.39 is 28.5 Å². The molecule has 2 rings (SSSR count). The molecule has 0 atom stereocenters. The van der Waals surface area contributed by atoms with E-state index in [1.165, 1.54) is 32.3 Å². The van der Waals surface area contributed by atoms with Crippen molar-refractivity contribution in [1.82, 2.24) is 5.32 Å². The van der Waals surface area contributed by atoms with Gasteiger partial charge in [0.15, 0.2) is 6.61 Å². The number of rotatable bonds is 8. The molecule has 1 amide bonds. The highest BCUT2D eigenvalue weighted by molar-refractivity contribution is 7.92. The molecule has 8 nitrogen and oxygen atoms in total.